The molecule has 0 rings (SSSR count). The molecule has 0 aliphatic rings. The molecule has 0 aromatic heterocycles. The summed E-state index contributed by atoms with van der Waals surface area (Å²) in [5.41, 5.74) is 0. The van der Waals surface area contributed by atoms with Gasteiger partial charge < -0.3 is 19.8 Å². The summed E-state index contributed by atoms with van der Waals surface area (Å²) in [6.45, 7) is 34.0. The van der Waals surface area contributed by atoms with Crippen molar-refractivity contribution in [2.24, 2.45) is 0 Å². The Morgan fingerprint density at radius 2 is 0.786 bits per heavy atom. The van der Waals surface area contributed by atoms with Gasteiger partial charge in [-0.15, -0.1) is 19.6 Å². The third-order valence-corrected chi connectivity index (χ3v) is 28.6. The van der Waals surface area contributed by atoms with Crippen molar-refractivity contribution in [2.75, 3.05) is 39.3 Å². The second-order valence-corrected chi connectivity index (χ2v) is 40.9. The van der Waals surface area contributed by atoms with Crippen LogP contribution in [0, 0.1) is 0 Å². The van der Waals surface area contributed by atoms with Crippen LogP contribution in [0.25, 0.3) is 14.9 Å². The normalized spacial score (nSPS) is 13.3. The van der Waals surface area contributed by atoms with E-state index in [9.17, 15) is 0 Å². The Morgan fingerprint density at radius 1 is 0.571 bits per heavy atom. The van der Waals surface area contributed by atoms with E-state index in [1.165, 1.54) is 0 Å². The average molecular weight is 645 g/mol. The number of nitrogens with zero attached hydrogens (tertiary/aromatic N) is 4. The molecule has 0 amide bonds. The third-order valence-electron chi connectivity index (χ3n) is 3.31. The van der Waals surface area contributed by atoms with E-state index in [2.05, 4.69) is 83.5 Å². The number of hydrogen-bond acceptors (Lipinski definition) is 1. The summed E-state index contributed by atoms with van der Waals surface area (Å²) in [5, 5.41) is 1.72. The molecule has 0 radical (unpaired) electrons. The van der Waals surface area contributed by atoms with E-state index in [0.29, 0.717) is 0 Å². The fourth-order valence-electron chi connectivity index (χ4n) is 1.92. The van der Waals surface area contributed by atoms with Gasteiger partial charge in [-0.3, -0.25) is 0 Å². The Morgan fingerprint density at radius 3 is 0.929 bits per heavy atom. The van der Waals surface area contributed by atoms with Crippen LogP contribution in [-0.4, -0.2) is 76.6 Å². The molecule has 0 aliphatic carbocycles. The maximum atomic E-state index is 4.86. The van der Waals surface area contributed by atoms with Crippen LogP contribution in [0.2, 0.25) is 78.6 Å². The number of rotatable bonds is 12. The summed E-state index contributed by atoms with van der Waals surface area (Å²) in [5.74, 6) is 0. The van der Waals surface area contributed by atoms with Crippen molar-refractivity contribution in [1.82, 2.24) is 4.90 Å². The molecule has 4 nitrogen and oxygen atoms in total. The first-order valence-corrected chi connectivity index (χ1v) is 30.3. The second kappa shape index (κ2) is 14.8. The van der Waals surface area contributed by atoms with Crippen molar-refractivity contribution < 1.29 is 19.8 Å². The monoisotopic (exact) mass is 644 g/mol. The van der Waals surface area contributed by atoms with Gasteiger partial charge in [-0.25, -0.2) is 0 Å². The molecule has 0 aliphatic heterocycles. The Kier molecular flexibility index (Phi) is 17.0. The van der Waals surface area contributed by atoms with Crippen molar-refractivity contribution in [3.05, 3.63) is 14.9 Å². The van der Waals surface area contributed by atoms with E-state index < -0.39 is 32.4 Å². The van der Waals surface area contributed by atoms with E-state index in [-0.39, 0.29) is 0 Å². The molecule has 0 spiro atoms. The fraction of sp³-hybridized carbons (Fsp3) is 1.00. The van der Waals surface area contributed by atoms with Gasteiger partial charge in [-0.2, -0.15) is 0 Å². The van der Waals surface area contributed by atoms with Crippen molar-refractivity contribution in [2.45, 2.75) is 78.6 Å². The molecule has 0 saturated heterocycles. The van der Waals surface area contributed by atoms with Crippen LogP contribution < -0.4 is 0 Å². The standard InChI is InChI=1S/C15H39N4Si3.C3H9PSi.Ta/c1-20(2,3)16-10-13-19(14-11-17-21(4,5)6)15-12-18-22(7,8)9;1-5(2,3)4;/h10-15H2,1-9H3;1-3H3;/q-3;+1;. The SMILES string of the molecule is C[Si](C)(C)[N-]CCN(CC[N-][Si](C)(C)C)CC[N-][Si](C)(C)C.C[Si](C)(C)[P+]#[Ta]. The first-order chi connectivity index (χ1) is 12.3. The summed E-state index contributed by atoms with van der Waals surface area (Å²) in [4.78, 5) is 17.1. The topological polar surface area (TPSA) is 45.5 Å². The van der Waals surface area contributed by atoms with Crippen LogP contribution in [0.5, 0.6) is 0 Å². The van der Waals surface area contributed by atoms with Crippen molar-refractivity contribution in [3.63, 3.8) is 0 Å². The number of hydrogen-bond donors (Lipinski definition) is 0. The van der Waals surface area contributed by atoms with E-state index in [1.54, 1.807) is 25.1 Å². The van der Waals surface area contributed by atoms with Crippen LogP contribution in [0.3, 0.4) is 0 Å². The molecule has 0 bridgehead atoms. The van der Waals surface area contributed by atoms with Crippen LogP contribution in [-0.2, 0) is 19.8 Å². The first kappa shape index (κ1) is 32.1. The van der Waals surface area contributed by atoms with E-state index >= 15 is 0 Å². The first-order valence-electron chi connectivity index (χ1n) is 10.5. The maximum absolute atomic E-state index is 4.86. The molecule has 0 saturated carbocycles. The summed E-state index contributed by atoms with van der Waals surface area (Å²) < 4.78 is 0. The van der Waals surface area contributed by atoms with Crippen LogP contribution in [0.1, 0.15) is 0 Å². The quantitative estimate of drug-likeness (QED) is 0.165. The van der Waals surface area contributed by atoms with Gasteiger partial charge in [0.15, 0.2) is 0 Å². The molecule has 0 N–H and O–H groups in total. The molecule has 0 unspecified atom stereocenters. The third kappa shape index (κ3) is 30.1. The molecule has 0 atom stereocenters. The average Bonchev–Trinajstić information content (AvgIpc) is 2.42. The van der Waals surface area contributed by atoms with Crippen LogP contribution in [0.15, 0.2) is 0 Å². The van der Waals surface area contributed by atoms with Crippen LogP contribution in [0.4, 0.5) is 0 Å². The second-order valence-electron chi connectivity index (χ2n) is 11.3. The molecular formula is C18H48N4PSi4Ta-2. The Bertz CT molecular complexity index is 401. The van der Waals surface area contributed by atoms with Gasteiger partial charge in [-0.1, -0.05) is 83.6 Å². The predicted molar refractivity (Wildman–Crippen MR) is 141 cm³/mol. The zero-order valence-electron chi connectivity index (χ0n) is 20.9. The zero-order valence-corrected chi connectivity index (χ0v) is 29.0. The van der Waals surface area contributed by atoms with Crippen LogP contribution >= 0.6 is 5.33 Å². The molecule has 28 heavy (non-hydrogen) atoms. The molecule has 0 fully saturated rings. The summed E-state index contributed by atoms with van der Waals surface area (Å²) in [7, 11) is -4.45. The molecule has 0 aromatic rings. The predicted octanol–water partition coefficient (Wildman–Crippen LogP) is 7.14. The Balaban J connectivity index is 0. The van der Waals surface area contributed by atoms with Crippen molar-refractivity contribution in [1.29, 1.82) is 0 Å². The van der Waals surface area contributed by atoms with Gasteiger partial charge >= 0.3 is 52.5 Å². The van der Waals surface area contributed by atoms with Gasteiger partial charge in [0.25, 0.3) is 0 Å². The molecule has 10 heteroatoms. The summed E-state index contributed by atoms with van der Waals surface area (Å²) in [6, 6.07) is 0. The van der Waals surface area contributed by atoms with Crippen molar-refractivity contribution >= 4 is 37.8 Å². The Labute approximate surface area is 194 Å². The van der Waals surface area contributed by atoms with Gasteiger partial charge in [0.05, 0.1) is 0 Å². The van der Waals surface area contributed by atoms with Gasteiger partial charge in [-0.05, 0) is 19.6 Å². The van der Waals surface area contributed by atoms with Gasteiger partial charge in [0, 0.05) is 0 Å². The molecular weight excluding hydrogens is 596 g/mol. The minimum atomic E-state index is -1.28. The molecule has 0 aromatic carbocycles. The summed E-state index contributed by atoms with van der Waals surface area (Å²) in [6.07, 6.45) is 0. The minimum absolute atomic E-state index is 0.610. The van der Waals surface area contributed by atoms with Gasteiger partial charge in [0.1, 0.15) is 0 Å². The van der Waals surface area contributed by atoms with E-state index in [4.69, 9.17) is 14.9 Å². The van der Waals surface area contributed by atoms with E-state index in [0.717, 1.165) is 39.3 Å². The van der Waals surface area contributed by atoms with Crippen molar-refractivity contribution in [3.8, 4) is 0 Å². The van der Waals surface area contributed by atoms with Gasteiger partial charge in [0.2, 0.25) is 0 Å². The molecule has 0 heterocycles. The summed E-state index contributed by atoms with van der Waals surface area (Å²) >= 11 is 1.55. The fourth-order valence-corrected chi connectivity index (χ4v) is 4.23. The molecule has 168 valence electrons. The van der Waals surface area contributed by atoms with E-state index in [1.807, 2.05) is 0 Å². The Hall–Kier alpha value is 1.88. The zero-order chi connectivity index (χ0) is 22.6.